The predicted molar refractivity (Wildman–Crippen MR) is 119 cm³/mol. The maximum atomic E-state index is 12.6. The van der Waals surface area contributed by atoms with Crippen LogP contribution in [0, 0.1) is 17.0 Å². The lowest BCUT2D eigenvalue weighted by Gasteiger charge is -2.19. The molecule has 164 valence electrons. The molecule has 3 aromatic rings. The van der Waals surface area contributed by atoms with E-state index in [0.717, 1.165) is 0 Å². The number of nitro groups is 1. The van der Waals surface area contributed by atoms with Gasteiger partial charge in [0.2, 0.25) is 5.91 Å². The molecule has 9 heteroatoms. The molecule has 0 saturated heterocycles. The number of primary amides is 1. The summed E-state index contributed by atoms with van der Waals surface area (Å²) in [6.45, 7) is 1.61. The Bertz CT molecular complexity index is 1130. The van der Waals surface area contributed by atoms with Crippen molar-refractivity contribution in [2.24, 2.45) is 5.73 Å². The van der Waals surface area contributed by atoms with Crippen molar-refractivity contribution in [2.45, 2.75) is 19.4 Å². The van der Waals surface area contributed by atoms with Gasteiger partial charge in [0.25, 0.3) is 5.69 Å². The van der Waals surface area contributed by atoms with Gasteiger partial charge < -0.3 is 21.1 Å². The van der Waals surface area contributed by atoms with Gasteiger partial charge >= 0.3 is 6.03 Å². The SMILES string of the molecule is Cc1ccc(NC(=O)CC(NC(N)=O)c2cccc(Oc3ccccc3)c2)cc1[N+](=O)[O-]. The number of nitrogens with two attached hydrogens (primary N) is 1. The van der Waals surface area contributed by atoms with Crippen molar-refractivity contribution in [1.29, 1.82) is 0 Å². The molecule has 0 aliphatic heterocycles. The molecule has 0 saturated carbocycles. The fraction of sp³-hybridized carbons (Fsp3) is 0.130. The number of nitrogens with zero attached hydrogens (tertiary/aromatic N) is 1. The number of nitrogens with one attached hydrogen (secondary N) is 2. The highest BCUT2D eigenvalue weighted by atomic mass is 16.6. The molecule has 1 atom stereocenters. The number of urea groups is 1. The van der Waals surface area contributed by atoms with Gasteiger partial charge in [0.05, 0.1) is 17.4 Å². The first kappa shape index (κ1) is 22.3. The third kappa shape index (κ3) is 6.05. The van der Waals surface area contributed by atoms with Crippen molar-refractivity contribution in [3.8, 4) is 11.5 Å². The van der Waals surface area contributed by atoms with Crippen molar-refractivity contribution in [2.75, 3.05) is 5.32 Å². The molecule has 3 amide bonds. The molecular weight excluding hydrogens is 412 g/mol. The Balaban J connectivity index is 1.76. The van der Waals surface area contributed by atoms with E-state index in [1.807, 2.05) is 18.2 Å². The molecule has 0 bridgehead atoms. The molecule has 0 aromatic heterocycles. The average molecular weight is 434 g/mol. The van der Waals surface area contributed by atoms with Gasteiger partial charge in [-0.15, -0.1) is 0 Å². The molecule has 1 unspecified atom stereocenters. The first-order chi connectivity index (χ1) is 15.3. The summed E-state index contributed by atoms with van der Waals surface area (Å²) in [7, 11) is 0. The molecule has 0 radical (unpaired) electrons. The number of ether oxygens (including phenoxy) is 1. The summed E-state index contributed by atoms with van der Waals surface area (Å²) in [6, 6.07) is 19.0. The summed E-state index contributed by atoms with van der Waals surface area (Å²) in [5.41, 5.74) is 6.59. The van der Waals surface area contributed by atoms with Crippen LogP contribution in [-0.4, -0.2) is 16.9 Å². The van der Waals surface area contributed by atoms with Crippen LogP contribution in [0.4, 0.5) is 16.2 Å². The number of amides is 3. The molecule has 0 aliphatic rings. The zero-order valence-corrected chi connectivity index (χ0v) is 17.3. The Hall–Kier alpha value is -4.40. The molecule has 9 nitrogen and oxygen atoms in total. The number of hydrogen-bond donors (Lipinski definition) is 3. The fourth-order valence-electron chi connectivity index (χ4n) is 3.12. The third-order valence-electron chi connectivity index (χ3n) is 4.63. The predicted octanol–water partition coefficient (Wildman–Crippen LogP) is 4.43. The number of rotatable bonds is 8. The van der Waals surface area contributed by atoms with Crippen molar-refractivity contribution in [3.63, 3.8) is 0 Å². The maximum Gasteiger partial charge on any atom is 0.312 e. The van der Waals surface area contributed by atoms with E-state index in [1.165, 1.54) is 6.07 Å². The number of carbonyl (C=O) groups excluding carboxylic acids is 2. The largest absolute Gasteiger partial charge is 0.457 e. The first-order valence-corrected chi connectivity index (χ1v) is 9.75. The lowest BCUT2D eigenvalue weighted by atomic mass is 10.0. The number of para-hydroxylation sites is 1. The lowest BCUT2D eigenvalue weighted by molar-refractivity contribution is -0.385. The molecule has 0 aliphatic carbocycles. The second-order valence-corrected chi connectivity index (χ2v) is 7.06. The molecular formula is C23H22N4O5. The summed E-state index contributed by atoms with van der Waals surface area (Å²) in [5, 5.41) is 16.3. The van der Waals surface area contributed by atoms with Crippen LogP contribution in [0.3, 0.4) is 0 Å². The van der Waals surface area contributed by atoms with Crippen molar-refractivity contribution < 1.29 is 19.2 Å². The highest BCUT2D eigenvalue weighted by molar-refractivity contribution is 5.92. The van der Waals surface area contributed by atoms with Gasteiger partial charge in [-0.05, 0) is 42.8 Å². The number of anilines is 1. The van der Waals surface area contributed by atoms with Crippen LogP contribution in [0.25, 0.3) is 0 Å². The number of hydrogen-bond acceptors (Lipinski definition) is 5. The zero-order valence-electron chi connectivity index (χ0n) is 17.3. The van der Waals surface area contributed by atoms with Gasteiger partial charge in [-0.2, -0.15) is 0 Å². The lowest BCUT2D eigenvalue weighted by Crippen LogP contribution is -2.35. The normalized spacial score (nSPS) is 11.3. The summed E-state index contributed by atoms with van der Waals surface area (Å²) < 4.78 is 5.81. The van der Waals surface area contributed by atoms with Gasteiger partial charge in [-0.1, -0.05) is 36.4 Å². The molecule has 0 fully saturated rings. The summed E-state index contributed by atoms with van der Waals surface area (Å²) in [5.74, 6) is 0.721. The van der Waals surface area contributed by atoms with E-state index in [4.69, 9.17) is 10.5 Å². The maximum absolute atomic E-state index is 12.6. The Morgan fingerprint density at radius 1 is 1.03 bits per heavy atom. The molecule has 0 spiro atoms. The standard InChI is InChI=1S/C23H22N4O5/c1-15-10-11-17(13-21(15)27(30)31)25-22(28)14-20(26-23(24)29)16-6-5-9-19(12-16)32-18-7-3-2-4-8-18/h2-13,20H,14H2,1H3,(H,25,28)(H3,24,26,29). The quantitative estimate of drug-likeness (QED) is 0.356. The zero-order chi connectivity index (χ0) is 23.1. The molecule has 32 heavy (non-hydrogen) atoms. The van der Waals surface area contributed by atoms with Crippen LogP contribution in [0.15, 0.2) is 72.8 Å². The van der Waals surface area contributed by atoms with E-state index in [-0.39, 0.29) is 17.8 Å². The van der Waals surface area contributed by atoms with E-state index < -0.39 is 22.9 Å². The van der Waals surface area contributed by atoms with Gasteiger partial charge in [0.15, 0.2) is 0 Å². The molecule has 4 N–H and O–H groups in total. The van der Waals surface area contributed by atoms with E-state index in [0.29, 0.717) is 22.6 Å². The van der Waals surface area contributed by atoms with Crippen LogP contribution in [-0.2, 0) is 4.79 Å². The Labute approximate surface area is 184 Å². The van der Waals surface area contributed by atoms with Crippen LogP contribution in [0.1, 0.15) is 23.6 Å². The van der Waals surface area contributed by atoms with Crippen molar-refractivity contribution >= 4 is 23.3 Å². The van der Waals surface area contributed by atoms with Crippen LogP contribution in [0.2, 0.25) is 0 Å². The van der Waals surface area contributed by atoms with Crippen molar-refractivity contribution in [3.05, 3.63) is 94.0 Å². The van der Waals surface area contributed by atoms with E-state index >= 15 is 0 Å². The second kappa shape index (κ2) is 10.1. The van der Waals surface area contributed by atoms with Crippen LogP contribution in [0.5, 0.6) is 11.5 Å². The van der Waals surface area contributed by atoms with Crippen molar-refractivity contribution in [1.82, 2.24) is 5.32 Å². The van der Waals surface area contributed by atoms with Gasteiger partial charge in [-0.25, -0.2) is 4.79 Å². The fourth-order valence-corrected chi connectivity index (χ4v) is 3.12. The number of aryl methyl sites for hydroxylation is 1. The van der Waals surface area contributed by atoms with Gasteiger partial charge in [-0.3, -0.25) is 14.9 Å². The molecule has 3 rings (SSSR count). The Kier molecular flexibility index (Phi) is 7.02. The van der Waals surface area contributed by atoms with E-state index in [2.05, 4.69) is 10.6 Å². The smallest absolute Gasteiger partial charge is 0.312 e. The van der Waals surface area contributed by atoms with Crippen LogP contribution >= 0.6 is 0 Å². The number of benzene rings is 3. The minimum atomic E-state index is -0.789. The first-order valence-electron chi connectivity index (χ1n) is 9.75. The highest BCUT2D eigenvalue weighted by Crippen LogP contribution is 2.27. The van der Waals surface area contributed by atoms with Gasteiger partial charge in [0.1, 0.15) is 11.5 Å². The minimum Gasteiger partial charge on any atom is -0.457 e. The average Bonchev–Trinajstić information content (AvgIpc) is 2.75. The second-order valence-electron chi connectivity index (χ2n) is 7.06. The molecule has 3 aromatic carbocycles. The summed E-state index contributed by atoms with van der Waals surface area (Å²) in [6.07, 6.45) is -0.139. The third-order valence-corrected chi connectivity index (χ3v) is 4.63. The minimum absolute atomic E-state index is 0.0969. The Morgan fingerprint density at radius 3 is 2.44 bits per heavy atom. The highest BCUT2D eigenvalue weighted by Gasteiger charge is 2.19. The van der Waals surface area contributed by atoms with Gasteiger partial charge in [0, 0.05) is 17.3 Å². The monoisotopic (exact) mass is 434 g/mol. The van der Waals surface area contributed by atoms with E-state index in [9.17, 15) is 19.7 Å². The summed E-state index contributed by atoms with van der Waals surface area (Å²) >= 11 is 0. The topological polar surface area (TPSA) is 137 Å². The Morgan fingerprint density at radius 2 is 1.75 bits per heavy atom. The number of nitro benzene ring substituents is 1. The number of carbonyl (C=O) groups is 2. The summed E-state index contributed by atoms with van der Waals surface area (Å²) in [4.78, 5) is 34.8. The van der Waals surface area contributed by atoms with E-state index in [1.54, 1.807) is 55.5 Å². The molecule has 0 heterocycles. The van der Waals surface area contributed by atoms with Crippen LogP contribution < -0.4 is 21.1 Å².